The van der Waals surface area contributed by atoms with Crippen molar-refractivity contribution in [1.29, 1.82) is 0 Å². The number of nitrogens with one attached hydrogen (secondary N) is 2. The number of H-pyrrole nitrogens is 1. The maximum atomic E-state index is 15.2. The maximum absolute atomic E-state index is 15.2. The van der Waals surface area contributed by atoms with Gasteiger partial charge in [-0.2, -0.15) is 10.1 Å². The third-order valence-corrected chi connectivity index (χ3v) is 6.58. The Morgan fingerprint density at radius 1 is 1.14 bits per heavy atom. The van der Waals surface area contributed by atoms with Crippen molar-refractivity contribution in [3.63, 3.8) is 0 Å². The number of aromatic amines is 1. The fourth-order valence-corrected chi connectivity index (χ4v) is 4.59. The molecule has 0 atom stereocenters. The lowest BCUT2D eigenvalue weighted by molar-refractivity contribution is 0.103. The summed E-state index contributed by atoms with van der Waals surface area (Å²) in [5.74, 6) is -3.59. The Morgan fingerprint density at radius 2 is 1.92 bits per heavy atom. The number of pyridine rings is 1. The Balaban J connectivity index is 1.78. The monoisotopic (exact) mass is 518 g/mol. The third kappa shape index (κ3) is 4.66. The number of ether oxygens (including phenoxy) is 2. The van der Waals surface area contributed by atoms with E-state index in [0.29, 0.717) is 11.1 Å². The molecule has 0 spiro atoms. The molecular weight excluding hydrogens is 498 g/mol. The normalized spacial score (nSPS) is 11.5. The lowest BCUT2D eigenvalue weighted by Gasteiger charge is -2.11. The lowest BCUT2D eigenvalue weighted by Crippen LogP contribution is -2.19. The van der Waals surface area contributed by atoms with Crippen molar-refractivity contribution in [2.24, 2.45) is 0 Å². The van der Waals surface area contributed by atoms with Crippen LogP contribution in [0.3, 0.4) is 0 Å². The number of benzene rings is 1. The molecule has 0 bridgehead atoms. The predicted octanol–water partition coefficient (Wildman–Crippen LogP) is 3.09. The number of rotatable bonds is 9. The van der Waals surface area contributed by atoms with Gasteiger partial charge in [-0.05, 0) is 24.6 Å². The number of aromatic nitrogens is 5. The fraction of sp³-hybridized carbons (Fsp3) is 0.227. The number of carbonyl (C=O) groups is 1. The molecule has 0 saturated heterocycles. The summed E-state index contributed by atoms with van der Waals surface area (Å²) in [5.41, 5.74) is -0.594. The van der Waals surface area contributed by atoms with E-state index in [1.165, 1.54) is 26.6 Å². The van der Waals surface area contributed by atoms with Gasteiger partial charge in [0.15, 0.2) is 11.5 Å². The molecule has 0 aliphatic rings. The Hall–Kier alpha value is -4.20. The van der Waals surface area contributed by atoms with Crippen molar-refractivity contribution in [2.75, 3.05) is 24.7 Å². The molecule has 188 valence electrons. The molecule has 2 N–H and O–H groups in total. The van der Waals surface area contributed by atoms with Crippen LogP contribution in [-0.4, -0.2) is 59.3 Å². The van der Waals surface area contributed by atoms with Gasteiger partial charge in [-0.3, -0.25) is 14.6 Å². The molecule has 0 fully saturated rings. The molecule has 4 aromatic rings. The van der Waals surface area contributed by atoms with Gasteiger partial charge in [-0.1, -0.05) is 6.92 Å². The summed E-state index contributed by atoms with van der Waals surface area (Å²) in [6.45, 7) is 1.60. The van der Waals surface area contributed by atoms with Gasteiger partial charge in [-0.25, -0.2) is 27.2 Å². The predicted molar refractivity (Wildman–Crippen MR) is 126 cm³/mol. The highest BCUT2D eigenvalue weighted by atomic mass is 32.2. The lowest BCUT2D eigenvalue weighted by atomic mass is 10.0. The van der Waals surface area contributed by atoms with Crippen LogP contribution in [-0.2, 0) is 10.0 Å². The standard InChI is InChI=1S/C22H20F2N6O5S/c1-4-7-36(32,33)30-18-15(23)6-5-12(16(18)24)19(31)17-13-8-11(9-25-20(13)29-28-17)14-10-26-22(35-3)27-21(14)34-2/h5-6,8-10,30H,4,7H2,1-3H3,(H,25,28,29). The molecule has 0 radical (unpaired) electrons. The highest BCUT2D eigenvalue weighted by Gasteiger charge is 2.26. The number of sulfonamides is 1. The molecule has 1 aromatic carbocycles. The highest BCUT2D eigenvalue weighted by Crippen LogP contribution is 2.32. The first-order valence-electron chi connectivity index (χ1n) is 10.5. The van der Waals surface area contributed by atoms with Crippen LogP contribution in [0.25, 0.3) is 22.2 Å². The Kier molecular flexibility index (Phi) is 6.79. The average Bonchev–Trinajstić information content (AvgIpc) is 3.29. The SMILES string of the molecule is CCCS(=O)(=O)Nc1c(F)ccc(C(=O)c2n[nH]c3ncc(-c4cnc(OC)nc4OC)cc23)c1F. The third-order valence-electron chi connectivity index (χ3n) is 5.12. The second-order valence-electron chi connectivity index (χ2n) is 7.51. The van der Waals surface area contributed by atoms with Crippen LogP contribution >= 0.6 is 0 Å². The Morgan fingerprint density at radius 3 is 2.61 bits per heavy atom. The van der Waals surface area contributed by atoms with Gasteiger partial charge in [0.05, 0.1) is 36.5 Å². The van der Waals surface area contributed by atoms with E-state index in [9.17, 15) is 17.6 Å². The van der Waals surface area contributed by atoms with Gasteiger partial charge in [0.1, 0.15) is 17.2 Å². The van der Waals surface area contributed by atoms with Crippen LogP contribution in [0.4, 0.5) is 14.5 Å². The van der Waals surface area contributed by atoms with Crippen LogP contribution in [0, 0.1) is 11.6 Å². The number of methoxy groups -OCH3 is 2. The minimum Gasteiger partial charge on any atom is -0.480 e. The smallest absolute Gasteiger partial charge is 0.319 e. The average molecular weight is 519 g/mol. The summed E-state index contributed by atoms with van der Waals surface area (Å²) in [6.07, 6.45) is 3.15. The molecule has 0 unspecified atom stereocenters. The van der Waals surface area contributed by atoms with E-state index in [0.717, 1.165) is 12.1 Å². The molecule has 3 heterocycles. The summed E-state index contributed by atoms with van der Waals surface area (Å²) in [6, 6.07) is 3.36. The van der Waals surface area contributed by atoms with Crippen LogP contribution in [0.1, 0.15) is 29.4 Å². The molecule has 0 aliphatic carbocycles. The summed E-state index contributed by atoms with van der Waals surface area (Å²) < 4.78 is 65.8. The number of carbonyl (C=O) groups excluding carboxylic acids is 1. The second-order valence-corrected chi connectivity index (χ2v) is 9.35. The summed E-state index contributed by atoms with van der Waals surface area (Å²) in [5, 5.41) is 6.78. The van der Waals surface area contributed by atoms with Crippen molar-refractivity contribution < 1.29 is 31.5 Å². The van der Waals surface area contributed by atoms with E-state index in [4.69, 9.17) is 9.47 Å². The number of hydrogen-bond acceptors (Lipinski definition) is 9. The molecule has 36 heavy (non-hydrogen) atoms. The first kappa shape index (κ1) is 24.9. The number of ketones is 1. The van der Waals surface area contributed by atoms with E-state index < -0.39 is 38.7 Å². The van der Waals surface area contributed by atoms with Crippen molar-refractivity contribution in [3.05, 3.63) is 53.5 Å². The molecule has 11 nitrogen and oxygen atoms in total. The fourth-order valence-electron chi connectivity index (χ4n) is 3.45. The second kappa shape index (κ2) is 9.81. The molecule has 14 heteroatoms. The summed E-state index contributed by atoms with van der Waals surface area (Å²) >= 11 is 0. The molecule has 3 aromatic heterocycles. The van der Waals surface area contributed by atoms with Gasteiger partial charge in [0, 0.05) is 18.0 Å². The van der Waals surface area contributed by atoms with Gasteiger partial charge in [0.2, 0.25) is 21.7 Å². The Labute approximate surface area is 204 Å². The molecular formula is C22H20F2N6O5S. The van der Waals surface area contributed by atoms with Crippen LogP contribution in [0.15, 0.2) is 30.6 Å². The largest absolute Gasteiger partial charge is 0.480 e. The van der Waals surface area contributed by atoms with Gasteiger partial charge in [0.25, 0.3) is 0 Å². The first-order valence-corrected chi connectivity index (χ1v) is 12.2. The minimum atomic E-state index is -4.01. The van der Waals surface area contributed by atoms with Crippen molar-refractivity contribution >= 4 is 32.5 Å². The maximum Gasteiger partial charge on any atom is 0.319 e. The number of fused-ring (bicyclic) bond motifs is 1. The van der Waals surface area contributed by atoms with E-state index in [2.05, 4.69) is 25.1 Å². The first-order chi connectivity index (χ1) is 17.2. The highest BCUT2D eigenvalue weighted by molar-refractivity contribution is 7.92. The van der Waals surface area contributed by atoms with Crippen LogP contribution < -0.4 is 14.2 Å². The zero-order valence-corrected chi connectivity index (χ0v) is 20.1. The topological polar surface area (TPSA) is 149 Å². The van der Waals surface area contributed by atoms with Gasteiger partial charge >= 0.3 is 6.01 Å². The Bertz CT molecular complexity index is 1570. The molecule has 0 saturated carbocycles. The number of anilines is 1. The van der Waals surface area contributed by atoms with Gasteiger partial charge in [-0.15, -0.1) is 0 Å². The molecule has 4 rings (SSSR count). The van der Waals surface area contributed by atoms with Crippen molar-refractivity contribution in [1.82, 2.24) is 25.1 Å². The zero-order valence-electron chi connectivity index (χ0n) is 19.3. The van der Waals surface area contributed by atoms with Crippen molar-refractivity contribution in [2.45, 2.75) is 13.3 Å². The summed E-state index contributed by atoms with van der Waals surface area (Å²) in [7, 11) is -1.20. The van der Waals surface area contributed by atoms with Crippen molar-refractivity contribution in [3.8, 4) is 23.0 Å². The van der Waals surface area contributed by atoms with E-state index in [1.807, 2.05) is 4.72 Å². The number of halogens is 2. The number of nitrogens with zero attached hydrogens (tertiary/aromatic N) is 4. The van der Waals surface area contributed by atoms with E-state index in [-0.39, 0.29) is 40.8 Å². The molecule has 0 aliphatic heterocycles. The molecule has 0 amide bonds. The van der Waals surface area contributed by atoms with Crippen LogP contribution in [0.5, 0.6) is 11.9 Å². The minimum absolute atomic E-state index is 0.0842. The van der Waals surface area contributed by atoms with E-state index >= 15 is 4.39 Å². The summed E-state index contributed by atoms with van der Waals surface area (Å²) in [4.78, 5) is 25.6. The van der Waals surface area contributed by atoms with Crippen LogP contribution in [0.2, 0.25) is 0 Å². The number of hydrogen-bond donors (Lipinski definition) is 2. The quantitative estimate of drug-likeness (QED) is 0.319. The van der Waals surface area contributed by atoms with E-state index in [1.54, 1.807) is 13.0 Å². The zero-order chi connectivity index (χ0) is 26.0. The van der Waals surface area contributed by atoms with Gasteiger partial charge < -0.3 is 9.47 Å².